The van der Waals surface area contributed by atoms with E-state index in [4.69, 9.17) is 4.74 Å². The number of hydrogen-bond donors (Lipinski definition) is 2. The molecule has 0 aromatic heterocycles. The molecular weight excluding hydrogens is 281 g/mol. The van der Waals surface area contributed by atoms with Crippen LogP contribution in [0.2, 0.25) is 0 Å². The van der Waals surface area contributed by atoms with Crippen LogP contribution in [0.25, 0.3) is 0 Å². The van der Waals surface area contributed by atoms with E-state index >= 15 is 0 Å². The number of aliphatic hydroxyl groups excluding tert-OH is 1. The van der Waals surface area contributed by atoms with Crippen LogP contribution in [-0.4, -0.2) is 25.3 Å². The Morgan fingerprint density at radius 3 is 2.50 bits per heavy atom. The summed E-state index contributed by atoms with van der Waals surface area (Å²) in [5, 5.41) is 13.4. The van der Waals surface area contributed by atoms with Crippen LogP contribution in [0.15, 0.2) is 48.5 Å². The summed E-state index contributed by atoms with van der Waals surface area (Å²) in [5.41, 5.74) is 1.89. The van der Waals surface area contributed by atoms with Crippen LogP contribution in [0.3, 0.4) is 0 Å². The molecular formula is C18H22FNO2. The van der Waals surface area contributed by atoms with E-state index in [9.17, 15) is 9.50 Å². The van der Waals surface area contributed by atoms with Gasteiger partial charge in [0, 0.05) is 13.1 Å². The smallest absolute Gasteiger partial charge is 0.123 e. The topological polar surface area (TPSA) is 41.5 Å². The van der Waals surface area contributed by atoms with Gasteiger partial charge in [-0.05, 0) is 41.3 Å². The molecule has 0 fully saturated rings. The van der Waals surface area contributed by atoms with Crippen molar-refractivity contribution in [2.24, 2.45) is 0 Å². The molecule has 0 spiro atoms. The minimum atomic E-state index is -0.587. The number of aliphatic hydroxyl groups is 1. The molecule has 2 rings (SSSR count). The van der Waals surface area contributed by atoms with E-state index in [0.29, 0.717) is 13.1 Å². The second kappa shape index (κ2) is 7.92. The first kappa shape index (κ1) is 16.5. The minimum Gasteiger partial charge on any atom is -0.497 e. The number of hydrogen-bond acceptors (Lipinski definition) is 3. The van der Waals surface area contributed by atoms with Crippen molar-refractivity contribution in [3.05, 3.63) is 65.5 Å². The summed E-state index contributed by atoms with van der Waals surface area (Å²) in [5.74, 6) is 0.756. The molecule has 0 amide bonds. The molecule has 0 aliphatic rings. The van der Waals surface area contributed by atoms with E-state index in [2.05, 4.69) is 12.2 Å². The van der Waals surface area contributed by atoms with Crippen molar-refractivity contribution in [3.63, 3.8) is 0 Å². The molecule has 0 radical (unpaired) electrons. The van der Waals surface area contributed by atoms with Gasteiger partial charge in [-0.3, -0.25) is 0 Å². The second-order valence-electron chi connectivity index (χ2n) is 5.40. The summed E-state index contributed by atoms with van der Waals surface area (Å²) in [6.07, 6.45) is -0.587. The molecule has 0 saturated carbocycles. The van der Waals surface area contributed by atoms with Gasteiger partial charge in [0.25, 0.3) is 0 Å². The number of nitrogens with one attached hydrogen (secondary N) is 1. The van der Waals surface area contributed by atoms with E-state index in [1.807, 2.05) is 24.3 Å². The van der Waals surface area contributed by atoms with Gasteiger partial charge < -0.3 is 15.2 Å². The average molecular weight is 303 g/mol. The first-order valence-electron chi connectivity index (χ1n) is 7.38. The lowest BCUT2D eigenvalue weighted by Crippen LogP contribution is -2.25. The first-order valence-corrected chi connectivity index (χ1v) is 7.38. The molecule has 118 valence electrons. The van der Waals surface area contributed by atoms with Crippen LogP contribution in [0.5, 0.6) is 5.75 Å². The fraction of sp³-hybridized carbons (Fsp3) is 0.333. The third-order valence-corrected chi connectivity index (χ3v) is 3.71. The monoisotopic (exact) mass is 303 g/mol. The zero-order chi connectivity index (χ0) is 15.9. The van der Waals surface area contributed by atoms with Crippen LogP contribution in [-0.2, 0) is 0 Å². The Kier molecular flexibility index (Phi) is 5.92. The van der Waals surface area contributed by atoms with Crippen LogP contribution in [0, 0.1) is 5.82 Å². The molecule has 2 aromatic carbocycles. The normalized spacial score (nSPS) is 13.6. The maximum atomic E-state index is 12.9. The zero-order valence-electron chi connectivity index (χ0n) is 12.9. The van der Waals surface area contributed by atoms with Crippen molar-refractivity contribution in [1.82, 2.24) is 5.32 Å². The summed E-state index contributed by atoms with van der Waals surface area (Å²) < 4.78 is 18.1. The number of ether oxygens (including phenoxy) is 1. The SMILES string of the molecule is COc1cccc(C(O)CNCC(C)c2ccc(F)cc2)c1. The van der Waals surface area contributed by atoms with Gasteiger partial charge >= 0.3 is 0 Å². The van der Waals surface area contributed by atoms with Crippen molar-refractivity contribution < 1.29 is 14.2 Å². The lowest BCUT2D eigenvalue weighted by molar-refractivity contribution is 0.174. The van der Waals surface area contributed by atoms with Gasteiger partial charge in [0.05, 0.1) is 13.2 Å². The van der Waals surface area contributed by atoms with Gasteiger partial charge in [-0.1, -0.05) is 31.2 Å². The Hall–Kier alpha value is -1.91. The highest BCUT2D eigenvalue weighted by Crippen LogP contribution is 2.19. The predicted octanol–water partition coefficient (Wildman–Crippen LogP) is 3.26. The van der Waals surface area contributed by atoms with Gasteiger partial charge in [-0.2, -0.15) is 0 Å². The third kappa shape index (κ3) is 4.55. The van der Waals surface area contributed by atoms with E-state index in [1.54, 1.807) is 19.2 Å². The van der Waals surface area contributed by atoms with E-state index in [1.165, 1.54) is 12.1 Å². The van der Waals surface area contributed by atoms with E-state index in [0.717, 1.165) is 16.9 Å². The predicted molar refractivity (Wildman–Crippen MR) is 85.6 cm³/mol. The Labute approximate surface area is 130 Å². The molecule has 0 saturated heterocycles. The summed E-state index contributed by atoms with van der Waals surface area (Å²) >= 11 is 0. The number of halogens is 1. The highest BCUT2D eigenvalue weighted by molar-refractivity contribution is 5.30. The van der Waals surface area contributed by atoms with Gasteiger partial charge in [0.2, 0.25) is 0 Å². The van der Waals surface area contributed by atoms with Crippen molar-refractivity contribution >= 4 is 0 Å². The standard InChI is InChI=1S/C18H22FNO2/c1-13(14-6-8-16(19)9-7-14)11-20-12-18(21)15-4-3-5-17(10-15)22-2/h3-10,13,18,20-21H,11-12H2,1-2H3. The fourth-order valence-corrected chi connectivity index (χ4v) is 2.31. The van der Waals surface area contributed by atoms with Gasteiger partial charge in [-0.15, -0.1) is 0 Å². The van der Waals surface area contributed by atoms with Crippen molar-refractivity contribution in [2.45, 2.75) is 18.9 Å². The van der Waals surface area contributed by atoms with Crippen LogP contribution in [0.1, 0.15) is 30.1 Å². The zero-order valence-corrected chi connectivity index (χ0v) is 12.9. The number of benzene rings is 2. The maximum Gasteiger partial charge on any atom is 0.123 e. The van der Waals surface area contributed by atoms with E-state index < -0.39 is 6.10 Å². The quantitative estimate of drug-likeness (QED) is 0.825. The maximum absolute atomic E-state index is 12.9. The highest BCUT2D eigenvalue weighted by Gasteiger charge is 2.10. The number of methoxy groups -OCH3 is 1. The Morgan fingerprint density at radius 2 is 1.82 bits per heavy atom. The summed E-state index contributed by atoms with van der Waals surface area (Å²) in [7, 11) is 1.61. The number of rotatable bonds is 7. The third-order valence-electron chi connectivity index (χ3n) is 3.71. The van der Waals surface area contributed by atoms with Crippen LogP contribution in [0.4, 0.5) is 4.39 Å². The minimum absolute atomic E-state index is 0.225. The summed E-state index contributed by atoms with van der Waals surface area (Å²) in [6.45, 7) is 3.24. The largest absolute Gasteiger partial charge is 0.497 e. The Morgan fingerprint density at radius 1 is 1.09 bits per heavy atom. The molecule has 3 nitrogen and oxygen atoms in total. The molecule has 2 unspecified atom stereocenters. The molecule has 2 N–H and O–H groups in total. The lowest BCUT2D eigenvalue weighted by Gasteiger charge is -2.16. The Balaban J connectivity index is 1.83. The first-order chi connectivity index (χ1) is 10.6. The lowest BCUT2D eigenvalue weighted by atomic mass is 10.0. The molecule has 0 aliphatic heterocycles. The second-order valence-corrected chi connectivity index (χ2v) is 5.40. The summed E-state index contributed by atoms with van der Waals surface area (Å²) in [4.78, 5) is 0. The van der Waals surface area contributed by atoms with Crippen molar-refractivity contribution in [2.75, 3.05) is 20.2 Å². The molecule has 2 atom stereocenters. The molecule has 0 heterocycles. The van der Waals surface area contributed by atoms with E-state index in [-0.39, 0.29) is 11.7 Å². The molecule has 0 bridgehead atoms. The molecule has 2 aromatic rings. The van der Waals surface area contributed by atoms with Crippen LogP contribution < -0.4 is 10.1 Å². The molecule has 0 aliphatic carbocycles. The van der Waals surface area contributed by atoms with Gasteiger partial charge in [0.15, 0.2) is 0 Å². The molecule has 4 heteroatoms. The average Bonchev–Trinajstić information content (AvgIpc) is 2.55. The van der Waals surface area contributed by atoms with Gasteiger partial charge in [-0.25, -0.2) is 4.39 Å². The fourth-order valence-electron chi connectivity index (χ4n) is 2.31. The highest BCUT2D eigenvalue weighted by atomic mass is 19.1. The Bertz CT molecular complexity index is 586. The van der Waals surface area contributed by atoms with Crippen molar-refractivity contribution in [3.8, 4) is 5.75 Å². The van der Waals surface area contributed by atoms with Gasteiger partial charge in [0.1, 0.15) is 11.6 Å². The van der Waals surface area contributed by atoms with Crippen molar-refractivity contribution in [1.29, 1.82) is 0 Å². The summed E-state index contributed by atoms with van der Waals surface area (Å²) in [6, 6.07) is 13.9. The van der Waals surface area contributed by atoms with Crippen LogP contribution >= 0.6 is 0 Å². The molecule has 22 heavy (non-hydrogen) atoms.